The number of nitrogens with one attached hydrogen (secondary N) is 1. The summed E-state index contributed by atoms with van der Waals surface area (Å²) in [5.41, 5.74) is 0. The molecule has 1 saturated carbocycles. The number of hydrogen-bond donors (Lipinski definition) is 1. The van der Waals surface area contributed by atoms with Crippen LogP contribution in [0, 0.1) is 11.8 Å². The maximum Gasteiger partial charge on any atom is 0.120 e. The predicted molar refractivity (Wildman–Crippen MR) is 81.6 cm³/mol. The zero-order chi connectivity index (χ0) is 14.1. The van der Waals surface area contributed by atoms with E-state index in [0.29, 0.717) is 18.1 Å². The lowest BCUT2D eigenvalue weighted by Crippen LogP contribution is -2.58. The van der Waals surface area contributed by atoms with Crippen LogP contribution in [0.25, 0.3) is 0 Å². The third kappa shape index (κ3) is 2.79. The van der Waals surface area contributed by atoms with Gasteiger partial charge in [-0.15, -0.1) is 0 Å². The van der Waals surface area contributed by atoms with E-state index >= 15 is 0 Å². The first-order chi connectivity index (χ1) is 9.65. The Morgan fingerprint density at radius 2 is 1.90 bits per heavy atom. The first kappa shape index (κ1) is 14.2. The first-order valence-corrected chi connectivity index (χ1v) is 8.18. The molecule has 20 heavy (non-hydrogen) atoms. The molecule has 1 aliphatic carbocycles. The predicted octanol–water partition coefficient (Wildman–Crippen LogP) is 3.44. The van der Waals surface area contributed by atoms with Gasteiger partial charge < -0.3 is 14.6 Å². The summed E-state index contributed by atoms with van der Waals surface area (Å²) in [6.07, 6.45) is 5.94. The molecule has 3 nitrogen and oxygen atoms in total. The molecule has 3 heteroatoms. The summed E-state index contributed by atoms with van der Waals surface area (Å²) in [5, 5.41) is 3.86. The Bertz CT molecular complexity index is 401. The molecule has 0 amide bonds. The van der Waals surface area contributed by atoms with Gasteiger partial charge in [0.1, 0.15) is 5.76 Å². The van der Waals surface area contributed by atoms with Crippen LogP contribution in [0.15, 0.2) is 22.8 Å². The number of furan rings is 1. The fraction of sp³-hybridized carbons (Fsp3) is 0.765. The summed E-state index contributed by atoms with van der Waals surface area (Å²) >= 11 is 0. The zero-order valence-corrected chi connectivity index (χ0v) is 13.0. The molecule has 1 aromatic rings. The van der Waals surface area contributed by atoms with Gasteiger partial charge in [0, 0.05) is 25.2 Å². The summed E-state index contributed by atoms with van der Waals surface area (Å²) < 4.78 is 5.55. The van der Waals surface area contributed by atoms with Crippen LogP contribution in [-0.2, 0) is 0 Å². The van der Waals surface area contributed by atoms with Gasteiger partial charge in [0.2, 0.25) is 0 Å². The van der Waals surface area contributed by atoms with E-state index < -0.39 is 0 Å². The minimum absolute atomic E-state index is 0.323. The Morgan fingerprint density at radius 1 is 1.20 bits per heavy atom. The lowest BCUT2D eigenvalue weighted by Gasteiger charge is -2.49. The van der Waals surface area contributed by atoms with Gasteiger partial charge in [-0.2, -0.15) is 0 Å². The molecule has 3 atom stereocenters. The quantitative estimate of drug-likeness (QED) is 0.913. The Kier molecular flexibility index (Phi) is 4.18. The van der Waals surface area contributed by atoms with E-state index in [0.717, 1.165) is 17.6 Å². The van der Waals surface area contributed by atoms with Gasteiger partial charge in [-0.05, 0) is 57.6 Å². The van der Waals surface area contributed by atoms with Crippen molar-refractivity contribution in [3.8, 4) is 0 Å². The number of hydrogen-bond acceptors (Lipinski definition) is 3. The lowest BCUT2D eigenvalue weighted by atomic mass is 9.73. The number of rotatable bonds is 4. The molecule has 0 spiro atoms. The van der Waals surface area contributed by atoms with Crippen molar-refractivity contribution in [2.75, 3.05) is 13.1 Å². The van der Waals surface area contributed by atoms with Crippen molar-refractivity contribution in [1.29, 1.82) is 0 Å². The summed E-state index contributed by atoms with van der Waals surface area (Å²) in [4.78, 5) is 2.67. The maximum absolute atomic E-state index is 5.55. The molecule has 3 rings (SSSR count). The average molecular weight is 276 g/mol. The highest BCUT2D eigenvalue weighted by Gasteiger charge is 2.40. The van der Waals surface area contributed by atoms with Gasteiger partial charge in [-0.1, -0.05) is 6.42 Å². The second-order valence-electron chi connectivity index (χ2n) is 6.93. The van der Waals surface area contributed by atoms with E-state index in [1.807, 2.05) is 6.07 Å². The van der Waals surface area contributed by atoms with Gasteiger partial charge in [0.05, 0.1) is 12.3 Å². The largest absolute Gasteiger partial charge is 0.468 e. The normalized spacial score (nSPS) is 32.5. The molecule has 2 fully saturated rings. The van der Waals surface area contributed by atoms with Gasteiger partial charge >= 0.3 is 0 Å². The molecular weight excluding hydrogens is 248 g/mol. The molecule has 2 unspecified atom stereocenters. The molecule has 1 aliphatic heterocycles. The summed E-state index contributed by atoms with van der Waals surface area (Å²) in [6, 6.07) is 5.73. The highest BCUT2D eigenvalue weighted by molar-refractivity contribution is 5.05. The Morgan fingerprint density at radius 3 is 2.45 bits per heavy atom. The minimum atomic E-state index is 0.323. The van der Waals surface area contributed by atoms with Crippen LogP contribution in [-0.4, -0.2) is 30.1 Å². The number of nitrogens with zero attached hydrogens (tertiary/aromatic N) is 1. The molecule has 0 aromatic carbocycles. The van der Waals surface area contributed by atoms with Crippen molar-refractivity contribution in [3.05, 3.63) is 24.2 Å². The molecule has 1 N–H and O–H groups in total. The van der Waals surface area contributed by atoms with Crippen LogP contribution < -0.4 is 5.32 Å². The highest BCUT2D eigenvalue weighted by Crippen LogP contribution is 2.36. The van der Waals surface area contributed by atoms with E-state index in [9.17, 15) is 0 Å². The zero-order valence-electron chi connectivity index (χ0n) is 13.0. The van der Waals surface area contributed by atoms with E-state index in [4.69, 9.17) is 4.42 Å². The van der Waals surface area contributed by atoms with E-state index in [-0.39, 0.29) is 0 Å². The van der Waals surface area contributed by atoms with Crippen molar-refractivity contribution in [2.24, 2.45) is 11.8 Å². The minimum Gasteiger partial charge on any atom is -0.468 e. The van der Waals surface area contributed by atoms with Crippen molar-refractivity contribution in [2.45, 2.75) is 58.2 Å². The van der Waals surface area contributed by atoms with Gasteiger partial charge in [0.15, 0.2) is 0 Å². The standard InChI is InChI=1S/C17H28N2O/c1-12(2)19-10-14-6-4-7-15(11-19)17(14)18-13(3)16-8-5-9-20-16/h5,8-9,12-15,17-18H,4,6-7,10-11H2,1-3H3/t13-,14?,15?,17?/m0/s1. The highest BCUT2D eigenvalue weighted by atomic mass is 16.3. The fourth-order valence-electron chi connectivity index (χ4n) is 4.08. The fourth-order valence-corrected chi connectivity index (χ4v) is 4.08. The van der Waals surface area contributed by atoms with E-state index in [1.165, 1.54) is 32.4 Å². The first-order valence-electron chi connectivity index (χ1n) is 8.18. The van der Waals surface area contributed by atoms with Crippen LogP contribution in [0.1, 0.15) is 51.8 Å². The Hall–Kier alpha value is -0.800. The van der Waals surface area contributed by atoms with E-state index in [2.05, 4.69) is 37.1 Å². The molecule has 2 bridgehead atoms. The summed E-state index contributed by atoms with van der Waals surface area (Å²) in [7, 11) is 0. The Labute approximate surface area is 122 Å². The monoisotopic (exact) mass is 276 g/mol. The summed E-state index contributed by atoms with van der Waals surface area (Å²) in [5.74, 6) is 2.68. The van der Waals surface area contributed by atoms with Crippen LogP contribution in [0.5, 0.6) is 0 Å². The smallest absolute Gasteiger partial charge is 0.120 e. The van der Waals surface area contributed by atoms with Crippen molar-refractivity contribution in [1.82, 2.24) is 10.2 Å². The van der Waals surface area contributed by atoms with Gasteiger partial charge in [-0.3, -0.25) is 0 Å². The summed E-state index contributed by atoms with van der Waals surface area (Å²) in [6.45, 7) is 9.40. The maximum atomic E-state index is 5.55. The molecule has 2 heterocycles. The third-order valence-electron chi connectivity index (χ3n) is 5.25. The van der Waals surface area contributed by atoms with Crippen LogP contribution in [0.4, 0.5) is 0 Å². The second kappa shape index (κ2) is 5.90. The second-order valence-corrected chi connectivity index (χ2v) is 6.93. The van der Waals surface area contributed by atoms with Crippen molar-refractivity contribution in [3.63, 3.8) is 0 Å². The molecule has 1 aromatic heterocycles. The lowest BCUT2D eigenvalue weighted by molar-refractivity contribution is 0.0247. The molecule has 0 radical (unpaired) electrons. The van der Waals surface area contributed by atoms with Crippen molar-refractivity contribution < 1.29 is 4.42 Å². The van der Waals surface area contributed by atoms with Gasteiger partial charge in [-0.25, -0.2) is 0 Å². The number of likely N-dealkylation sites (tertiary alicyclic amines) is 1. The molecule has 1 saturated heterocycles. The van der Waals surface area contributed by atoms with Crippen molar-refractivity contribution >= 4 is 0 Å². The van der Waals surface area contributed by atoms with E-state index in [1.54, 1.807) is 6.26 Å². The third-order valence-corrected chi connectivity index (χ3v) is 5.25. The Balaban J connectivity index is 1.67. The number of fused-ring (bicyclic) bond motifs is 2. The SMILES string of the molecule is CC(C)N1CC2CCCC(C1)C2N[C@@H](C)c1ccco1. The topological polar surface area (TPSA) is 28.4 Å². The number of piperidine rings is 1. The van der Waals surface area contributed by atoms with Crippen LogP contribution >= 0.6 is 0 Å². The average Bonchev–Trinajstić information content (AvgIpc) is 2.91. The van der Waals surface area contributed by atoms with Gasteiger partial charge in [0.25, 0.3) is 0 Å². The van der Waals surface area contributed by atoms with Crippen LogP contribution in [0.2, 0.25) is 0 Å². The van der Waals surface area contributed by atoms with Crippen LogP contribution in [0.3, 0.4) is 0 Å². The molecular formula is C17H28N2O. The molecule has 2 aliphatic rings. The molecule has 112 valence electrons.